The summed E-state index contributed by atoms with van der Waals surface area (Å²) in [5, 5.41) is 2.49. The number of halogens is 4. The number of nitrogens with zero attached hydrogens (tertiary/aromatic N) is 2. The lowest BCUT2D eigenvalue weighted by molar-refractivity contribution is -0.140. The minimum atomic E-state index is -4.86. The van der Waals surface area contributed by atoms with Gasteiger partial charge in [-0.25, -0.2) is 13.8 Å². The first kappa shape index (κ1) is 20.6. The Hall–Kier alpha value is -3.08. The van der Waals surface area contributed by atoms with Gasteiger partial charge in [-0.15, -0.1) is 0 Å². The van der Waals surface area contributed by atoms with E-state index < -0.39 is 29.0 Å². The summed E-state index contributed by atoms with van der Waals surface area (Å²) in [6.07, 6.45) is -4.81. The van der Waals surface area contributed by atoms with Gasteiger partial charge in [-0.05, 0) is 18.6 Å². The highest BCUT2D eigenvalue weighted by atomic mass is 32.1. The molecule has 152 valence electrons. The van der Waals surface area contributed by atoms with Crippen molar-refractivity contribution in [2.45, 2.75) is 19.5 Å². The van der Waals surface area contributed by atoms with Crippen LogP contribution in [0.25, 0.3) is 4.96 Å². The molecule has 0 spiro atoms. The first-order valence-electron chi connectivity index (χ1n) is 8.30. The first-order chi connectivity index (χ1) is 13.7. The predicted molar refractivity (Wildman–Crippen MR) is 96.9 cm³/mol. The molecule has 0 aliphatic heterocycles. The van der Waals surface area contributed by atoms with Crippen molar-refractivity contribution in [3.05, 3.63) is 67.8 Å². The second-order valence-electron chi connectivity index (χ2n) is 5.95. The van der Waals surface area contributed by atoms with Crippen LogP contribution in [-0.2, 0) is 12.6 Å². The van der Waals surface area contributed by atoms with Gasteiger partial charge in [-0.1, -0.05) is 23.5 Å². The van der Waals surface area contributed by atoms with Gasteiger partial charge in [0.1, 0.15) is 16.4 Å². The van der Waals surface area contributed by atoms with Gasteiger partial charge in [0.15, 0.2) is 11.2 Å². The van der Waals surface area contributed by atoms with Crippen LogP contribution in [0.5, 0.6) is 0 Å². The van der Waals surface area contributed by atoms with Crippen LogP contribution in [0.2, 0.25) is 0 Å². The molecule has 3 rings (SSSR count). The molecule has 0 unspecified atom stereocenters. The summed E-state index contributed by atoms with van der Waals surface area (Å²) in [4.78, 5) is 40.1. The van der Waals surface area contributed by atoms with E-state index in [0.717, 1.165) is 27.9 Å². The number of benzene rings is 1. The Balaban J connectivity index is 2.09. The number of alkyl halides is 3. The van der Waals surface area contributed by atoms with E-state index in [2.05, 4.69) is 10.3 Å². The standard InChI is InChI=1S/C18H13F4N3O3S/c1-2-23-16(28)15-12(8-26)29-17-24-10(7-13(27)25(15)17)6-9-4-3-5-11(14(9)19)18(20,21)22/h3-5,7-8H,2,6H2,1H3,(H,23,28). The lowest BCUT2D eigenvalue weighted by Gasteiger charge is -2.11. The van der Waals surface area contributed by atoms with Crippen LogP contribution in [-0.4, -0.2) is 28.1 Å². The Labute approximate surface area is 164 Å². The summed E-state index contributed by atoms with van der Waals surface area (Å²) in [6.45, 7) is 1.93. The van der Waals surface area contributed by atoms with Crippen LogP contribution in [0.3, 0.4) is 0 Å². The highest BCUT2D eigenvalue weighted by Gasteiger charge is 2.34. The van der Waals surface area contributed by atoms with E-state index >= 15 is 0 Å². The fourth-order valence-corrected chi connectivity index (χ4v) is 3.76. The molecule has 0 fully saturated rings. The molecule has 0 aliphatic carbocycles. The first-order valence-corrected chi connectivity index (χ1v) is 9.12. The van der Waals surface area contributed by atoms with Gasteiger partial charge in [0.25, 0.3) is 11.5 Å². The highest BCUT2D eigenvalue weighted by molar-refractivity contribution is 7.18. The average Bonchev–Trinajstić information content (AvgIpc) is 3.02. The number of carbonyl (C=O) groups is 2. The van der Waals surface area contributed by atoms with Gasteiger partial charge in [-0.3, -0.25) is 14.4 Å². The summed E-state index contributed by atoms with van der Waals surface area (Å²) in [7, 11) is 0. The quantitative estimate of drug-likeness (QED) is 0.501. The number of amides is 1. The molecular weight excluding hydrogens is 414 g/mol. The third-order valence-electron chi connectivity index (χ3n) is 4.01. The third kappa shape index (κ3) is 3.90. The minimum Gasteiger partial charge on any atom is -0.351 e. The molecule has 29 heavy (non-hydrogen) atoms. The molecular formula is C18H13F4N3O3S. The molecule has 0 aliphatic rings. The summed E-state index contributed by atoms with van der Waals surface area (Å²) < 4.78 is 53.9. The lowest BCUT2D eigenvalue weighted by atomic mass is 10.0. The van der Waals surface area contributed by atoms with Crippen LogP contribution < -0.4 is 10.9 Å². The molecule has 0 radical (unpaired) electrons. The van der Waals surface area contributed by atoms with Gasteiger partial charge in [-0.2, -0.15) is 13.2 Å². The number of aromatic nitrogens is 2. The molecule has 11 heteroatoms. The summed E-state index contributed by atoms with van der Waals surface area (Å²) in [5.74, 6) is -2.08. The molecule has 1 amide bonds. The van der Waals surface area contributed by atoms with Crippen molar-refractivity contribution in [3.63, 3.8) is 0 Å². The molecule has 1 N–H and O–H groups in total. The Morgan fingerprint density at radius 1 is 1.34 bits per heavy atom. The molecule has 2 aromatic heterocycles. The number of aldehydes is 1. The van der Waals surface area contributed by atoms with E-state index in [9.17, 15) is 31.9 Å². The molecule has 2 heterocycles. The van der Waals surface area contributed by atoms with E-state index in [1.807, 2.05) is 0 Å². The maximum atomic E-state index is 14.3. The SMILES string of the molecule is CCNC(=O)c1c(C=O)sc2nc(Cc3cccc(C(F)(F)F)c3F)cc(=O)n12. The maximum Gasteiger partial charge on any atom is 0.419 e. The number of hydrogen-bond acceptors (Lipinski definition) is 5. The topological polar surface area (TPSA) is 80.5 Å². The molecule has 0 bridgehead atoms. The zero-order chi connectivity index (χ0) is 21.3. The molecule has 0 saturated carbocycles. The van der Waals surface area contributed by atoms with Gasteiger partial charge < -0.3 is 5.32 Å². The Bertz CT molecular complexity index is 1170. The number of carbonyl (C=O) groups excluding carboxylic acids is 2. The second kappa shape index (κ2) is 7.74. The highest BCUT2D eigenvalue weighted by Crippen LogP contribution is 2.32. The lowest BCUT2D eigenvalue weighted by Crippen LogP contribution is -2.28. The molecule has 0 saturated heterocycles. The number of nitrogens with one attached hydrogen (secondary N) is 1. The second-order valence-corrected chi connectivity index (χ2v) is 6.96. The average molecular weight is 427 g/mol. The molecule has 0 atom stereocenters. The largest absolute Gasteiger partial charge is 0.419 e. The number of hydrogen-bond donors (Lipinski definition) is 1. The zero-order valence-corrected chi connectivity index (χ0v) is 15.7. The van der Waals surface area contributed by atoms with Crippen LogP contribution >= 0.6 is 11.3 Å². The Kier molecular flexibility index (Phi) is 5.51. The molecule has 6 nitrogen and oxygen atoms in total. The van der Waals surface area contributed by atoms with Crippen molar-refractivity contribution < 1.29 is 27.2 Å². The van der Waals surface area contributed by atoms with Gasteiger partial charge in [0.2, 0.25) is 0 Å². The Morgan fingerprint density at radius 2 is 2.07 bits per heavy atom. The smallest absolute Gasteiger partial charge is 0.351 e. The van der Waals surface area contributed by atoms with Gasteiger partial charge >= 0.3 is 6.18 Å². The van der Waals surface area contributed by atoms with E-state index in [1.54, 1.807) is 6.92 Å². The predicted octanol–water partition coefficient (Wildman–Crippen LogP) is 3.07. The number of fused-ring (bicyclic) bond motifs is 1. The van der Waals surface area contributed by atoms with Crippen molar-refractivity contribution in [1.29, 1.82) is 0 Å². The van der Waals surface area contributed by atoms with Crippen molar-refractivity contribution in [2.24, 2.45) is 0 Å². The fraction of sp³-hybridized carbons (Fsp3) is 0.222. The fourth-order valence-electron chi connectivity index (χ4n) is 2.80. The van der Waals surface area contributed by atoms with E-state index in [-0.39, 0.29) is 39.8 Å². The minimum absolute atomic E-state index is 0.00300. The maximum absolute atomic E-state index is 14.3. The zero-order valence-electron chi connectivity index (χ0n) is 14.8. The summed E-state index contributed by atoms with van der Waals surface area (Å²) in [5.41, 5.74) is -2.56. The van der Waals surface area contributed by atoms with E-state index in [0.29, 0.717) is 12.4 Å². The third-order valence-corrected chi connectivity index (χ3v) is 4.98. The summed E-state index contributed by atoms with van der Waals surface area (Å²) >= 11 is 0.778. The Morgan fingerprint density at radius 3 is 2.69 bits per heavy atom. The van der Waals surface area contributed by atoms with Crippen molar-refractivity contribution in [3.8, 4) is 0 Å². The summed E-state index contributed by atoms with van der Waals surface area (Å²) in [6, 6.07) is 3.85. The van der Waals surface area contributed by atoms with Crippen LogP contribution in [0.4, 0.5) is 17.6 Å². The van der Waals surface area contributed by atoms with Crippen LogP contribution in [0.1, 0.15) is 43.9 Å². The number of rotatable bonds is 5. The molecule has 1 aromatic carbocycles. The van der Waals surface area contributed by atoms with Crippen molar-refractivity contribution >= 4 is 28.5 Å². The van der Waals surface area contributed by atoms with Crippen molar-refractivity contribution in [1.82, 2.24) is 14.7 Å². The number of thiazole rings is 1. The van der Waals surface area contributed by atoms with Gasteiger partial charge in [0.05, 0.1) is 11.3 Å². The monoisotopic (exact) mass is 427 g/mol. The van der Waals surface area contributed by atoms with Crippen LogP contribution in [0.15, 0.2) is 29.1 Å². The van der Waals surface area contributed by atoms with Crippen molar-refractivity contribution in [2.75, 3.05) is 6.54 Å². The molecule has 3 aromatic rings. The normalized spacial score (nSPS) is 11.6. The van der Waals surface area contributed by atoms with Crippen LogP contribution in [0, 0.1) is 5.82 Å². The van der Waals surface area contributed by atoms with E-state index in [4.69, 9.17) is 0 Å². The van der Waals surface area contributed by atoms with Gasteiger partial charge in [0, 0.05) is 19.0 Å². The van der Waals surface area contributed by atoms with E-state index in [1.165, 1.54) is 6.07 Å².